The fourth-order valence-corrected chi connectivity index (χ4v) is 12.1. The van der Waals surface area contributed by atoms with Crippen molar-refractivity contribution in [2.24, 2.45) is 17.8 Å². The number of carboxylic acids is 1. The zero-order valence-electron chi connectivity index (χ0n) is 52.7. The molecule has 4 fully saturated rings. The number of allylic oxidation sites excluding steroid dienone is 7. The monoisotopic (exact) mass is 1230 g/mol. The largest absolute Gasteiger partial charge is 0.481 e. The number of ether oxygens (including phenoxy) is 13. The van der Waals surface area contributed by atoms with Crippen LogP contribution in [0.5, 0.6) is 0 Å². The lowest BCUT2D eigenvalue weighted by molar-refractivity contribution is -0.366. The summed E-state index contributed by atoms with van der Waals surface area (Å²) in [4.78, 5) is 38.1. The van der Waals surface area contributed by atoms with Gasteiger partial charge in [0.05, 0.1) is 86.1 Å². The minimum atomic E-state index is -2.57. The minimum Gasteiger partial charge on any atom is -0.481 e. The Morgan fingerprint density at radius 2 is 1.44 bits per heavy atom. The van der Waals surface area contributed by atoms with E-state index in [2.05, 4.69) is 0 Å². The van der Waals surface area contributed by atoms with Gasteiger partial charge in [-0.2, -0.15) is 0 Å². The van der Waals surface area contributed by atoms with E-state index < -0.39 is 183 Å². The average molecular weight is 1230 g/mol. The Hall–Kier alpha value is -3.61. The van der Waals surface area contributed by atoms with Gasteiger partial charge in [-0.15, -0.1) is 0 Å². The molecule has 5 rings (SSSR count). The van der Waals surface area contributed by atoms with Gasteiger partial charge in [-0.1, -0.05) is 67.9 Å². The van der Waals surface area contributed by atoms with Crippen molar-refractivity contribution in [3.05, 3.63) is 58.7 Å². The van der Waals surface area contributed by atoms with Gasteiger partial charge in [-0.05, 0) is 74.3 Å². The Kier molecular flexibility index (Phi) is 28.0. The molecule has 0 aromatic rings. The van der Waals surface area contributed by atoms with Crippen LogP contribution in [0.15, 0.2) is 58.7 Å². The van der Waals surface area contributed by atoms with Crippen LogP contribution in [0.25, 0.3) is 0 Å². The maximum Gasteiger partial charge on any atom is 0.334 e. The molecule has 24 heteroatoms. The van der Waals surface area contributed by atoms with Gasteiger partial charge in [-0.25, -0.2) is 4.79 Å². The highest BCUT2D eigenvalue weighted by molar-refractivity contribution is 5.88. The summed E-state index contributed by atoms with van der Waals surface area (Å²) in [6.45, 7) is 18.8. The highest BCUT2D eigenvalue weighted by atomic mass is 16.7. The molecule has 24 nitrogen and oxygen atoms in total. The molecule has 5 aliphatic rings. The number of carbonyl (C=O) groups is 3. The van der Waals surface area contributed by atoms with Crippen molar-refractivity contribution >= 4 is 17.9 Å². The molecule has 0 aliphatic carbocycles. The second kappa shape index (κ2) is 32.9. The van der Waals surface area contributed by atoms with Crippen LogP contribution < -0.4 is 0 Å². The van der Waals surface area contributed by atoms with Gasteiger partial charge in [0.15, 0.2) is 25.0 Å². The lowest BCUT2D eigenvalue weighted by atomic mass is 9.76. The molecule has 86 heavy (non-hydrogen) atoms. The van der Waals surface area contributed by atoms with Crippen LogP contribution in [0.3, 0.4) is 0 Å². The van der Waals surface area contributed by atoms with Gasteiger partial charge < -0.3 is 102 Å². The first-order valence-electron chi connectivity index (χ1n) is 29.9. The molecular formula is C62H100O24. The molecule has 25 unspecified atom stereocenters. The van der Waals surface area contributed by atoms with Gasteiger partial charge in [0.1, 0.15) is 36.6 Å². The van der Waals surface area contributed by atoms with Crippen molar-refractivity contribution < 1.29 is 117 Å². The third kappa shape index (κ3) is 19.5. The first kappa shape index (κ1) is 73.1. The number of cyclic esters (lactones) is 1. The first-order chi connectivity index (χ1) is 40.4. The van der Waals surface area contributed by atoms with E-state index in [1.165, 1.54) is 42.3 Å². The van der Waals surface area contributed by atoms with E-state index in [0.29, 0.717) is 12.0 Å². The van der Waals surface area contributed by atoms with Gasteiger partial charge in [0.25, 0.3) is 0 Å². The van der Waals surface area contributed by atoms with Crippen LogP contribution >= 0.6 is 0 Å². The zero-order valence-corrected chi connectivity index (χ0v) is 52.7. The number of hydrogen-bond donors (Lipinski definition) is 8. The molecule has 5 aliphatic heterocycles. The summed E-state index contributed by atoms with van der Waals surface area (Å²) in [5, 5.41) is 91.7. The van der Waals surface area contributed by atoms with Crippen LogP contribution in [-0.4, -0.2) is 228 Å². The molecule has 0 aromatic carbocycles. The summed E-state index contributed by atoms with van der Waals surface area (Å²) >= 11 is 0. The first-order valence-corrected chi connectivity index (χ1v) is 29.9. The van der Waals surface area contributed by atoms with E-state index in [9.17, 15) is 50.1 Å². The van der Waals surface area contributed by atoms with Crippen LogP contribution in [0.1, 0.15) is 128 Å². The van der Waals surface area contributed by atoms with Crippen molar-refractivity contribution in [3.8, 4) is 0 Å². The SMILES string of the molecule is COCC(CC1OC(O)(C(O)C2CC(OC)C(O)CCC=C(C)C=CC(OC3OC(C)C(OC)C(OC(=O)CCC(=O)O)C3O)C(C)C=C(C)C=C(C)C=C(C)C(=O)O2)C(C)C(O)C1C)OC1CC(C)(O)C(OC2CC(OC)C(O)C(C)O2)C(C)O1. The quantitative estimate of drug-likeness (QED) is 0.0847. The van der Waals surface area contributed by atoms with Crippen LogP contribution in [0, 0.1) is 17.8 Å². The summed E-state index contributed by atoms with van der Waals surface area (Å²) in [6.07, 6.45) is -10.6. The number of aliphatic carboxylic acids is 1. The number of carbonyl (C=O) groups excluding carboxylic acids is 2. The number of aliphatic hydroxyl groups is 7. The molecule has 8 N–H and O–H groups in total. The van der Waals surface area contributed by atoms with Crippen LogP contribution in [0.2, 0.25) is 0 Å². The lowest BCUT2D eigenvalue weighted by Gasteiger charge is -2.51. The summed E-state index contributed by atoms with van der Waals surface area (Å²) < 4.78 is 78.0. The third-order valence-corrected chi connectivity index (χ3v) is 17.2. The van der Waals surface area contributed by atoms with Crippen molar-refractivity contribution in [2.75, 3.05) is 35.0 Å². The second-order valence-corrected chi connectivity index (χ2v) is 24.3. The number of hydrogen-bond acceptors (Lipinski definition) is 23. The van der Waals surface area contributed by atoms with E-state index in [4.69, 9.17) is 66.7 Å². The fraction of sp³-hybridized carbons (Fsp3) is 0.790. The molecule has 0 bridgehead atoms. The van der Waals surface area contributed by atoms with Crippen molar-refractivity contribution in [2.45, 2.75) is 262 Å². The number of aliphatic hydroxyl groups excluding tert-OH is 5. The molecule has 492 valence electrons. The number of carboxylic acid groups (broad SMARTS) is 1. The second-order valence-electron chi connectivity index (χ2n) is 24.3. The van der Waals surface area contributed by atoms with E-state index in [1.807, 2.05) is 45.1 Å². The van der Waals surface area contributed by atoms with Crippen LogP contribution in [0.4, 0.5) is 0 Å². The molecule has 0 amide bonds. The zero-order chi connectivity index (χ0) is 64.1. The molecule has 4 saturated heterocycles. The summed E-state index contributed by atoms with van der Waals surface area (Å²) in [6, 6.07) is 0. The smallest absolute Gasteiger partial charge is 0.334 e. The van der Waals surface area contributed by atoms with E-state index in [0.717, 1.165) is 11.1 Å². The molecule has 5 heterocycles. The minimum absolute atomic E-state index is 0.00992. The predicted octanol–water partition coefficient (Wildman–Crippen LogP) is 4.00. The topological polar surface area (TPSA) is 333 Å². The average Bonchev–Trinajstić information content (AvgIpc) is 0.998. The molecule has 0 aromatic heterocycles. The molecule has 0 radical (unpaired) electrons. The van der Waals surface area contributed by atoms with Gasteiger partial charge in [0.2, 0.25) is 5.79 Å². The maximum atomic E-state index is 14.2. The Morgan fingerprint density at radius 3 is 2.07 bits per heavy atom. The highest BCUT2D eigenvalue weighted by Gasteiger charge is 2.58. The van der Waals surface area contributed by atoms with Crippen molar-refractivity contribution in [1.29, 1.82) is 0 Å². The van der Waals surface area contributed by atoms with Gasteiger partial charge >= 0.3 is 17.9 Å². The Morgan fingerprint density at radius 1 is 0.767 bits per heavy atom. The maximum absolute atomic E-state index is 14.2. The molecule has 0 saturated carbocycles. The highest BCUT2D eigenvalue weighted by Crippen LogP contribution is 2.43. The molecule has 0 spiro atoms. The summed E-state index contributed by atoms with van der Waals surface area (Å²) in [7, 11) is 5.70. The standard InChI is InChI=1S/C62H100O24/c1-31-17-16-18-42(63)45(75-13)27-47(82-59(71)35(5)25-33(3)23-32(2)24-34(4)43(20-19-31)83-60-54(69)56(55(77-15)39(9)80-60)84-49(66)22-21-48(64)65)57(70)62(73)37(7)52(67)36(6)44(86-62)26-41(30-74-12)81-51-29-61(11,72)58(40(10)79-51)85-50-28-46(76-14)53(68)38(8)78-50/h17,19-20,23-25,34,36-47,50-58,60,63,67-70,72-73H,16,18,21-22,26-30H2,1-15H3,(H,64,65). The van der Waals surface area contributed by atoms with E-state index in [-0.39, 0.29) is 44.3 Å². The van der Waals surface area contributed by atoms with Crippen molar-refractivity contribution in [1.82, 2.24) is 0 Å². The summed E-state index contributed by atoms with van der Waals surface area (Å²) in [5.74, 6) is -7.68. The predicted molar refractivity (Wildman–Crippen MR) is 308 cm³/mol. The lowest BCUT2D eigenvalue weighted by Crippen LogP contribution is -2.66. The number of esters is 2. The van der Waals surface area contributed by atoms with Crippen molar-refractivity contribution in [3.63, 3.8) is 0 Å². The molecule has 25 atom stereocenters. The fourth-order valence-electron chi connectivity index (χ4n) is 12.1. The Labute approximate surface area is 506 Å². The Bertz CT molecular complexity index is 2340. The molecular weight excluding hydrogens is 1130 g/mol. The number of methoxy groups -OCH3 is 4. The van der Waals surface area contributed by atoms with E-state index >= 15 is 0 Å². The number of rotatable bonds is 19. The Balaban J connectivity index is 1.38. The summed E-state index contributed by atoms with van der Waals surface area (Å²) in [5.41, 5.74) is 0.757. The van der Waals surface area contributed by atoms with Crippen LogP contribution in [-0.2, 0) is 76.0 Å². The van der Waals surface area contributed by atoms with E-state index in [1.54, 1.807) is 53.7 Å². The van der Waals surface area contributed by atoms with Gasteiger partial charge in [0, 0.05) is 77.4 Å². The normalized spacial score (nSPS) is 40.9. The van der Waals surface area contributed by atoms with Gasteiger partial charge in [-0.3, -0.25) is 9.59 Å². The third-order valence-electron chi connectivity index (χ3n) is 17.2.